The van der Waals surface area contributed by atoms with E-state index in [1.54, 1.807) is 0 Å². The molecule has 0 N–H and O–H groups in total. The summed E-state index contributed by atoms with van der Waals surface area (Å²) in [4.78, 5) is 16.4. The second-order valence-electron chi connectivity index (χ2n) is 18.3. The Bertz CT molecular complexity index is 4570. The van der Waals surface area contributed by atoms with E-state index >= 15 is 0 Å². The third-order valence-electron chi connectivity index (χ3n) is 14.5. The Morgan fingerprint density at radius 3 is 1.44 bits per heavy atom. The fourth-order valence-electron chi connectivity index (χ4n) is 11.4. The molecule has 0 aliphatic rings. The minimum absolute atomic E-state index is 0.532. The molecule has 0 aliphatic heterocycles. The van der Waals surface area contributed by atoms with Crippen LogP contribution in [0, 0.1) is 0 Å². The van der Waals surface area contributed by atoms with Crippen LogP contribution in [0.1, 0.15) is 0 Å². The standard InChI is InChI=1S/C65H40N6/c1-3-18-41(19-4-1)42-34-36-45(37-35-42)64-66-63(44-21-5-2-6-22-44)67-65(68-64)71-61-52(29-17-33-57(61)70-55-32-16-13-28-51(55)59-47-24-9-7-20-43(47)38-39-56(59)70)60-58(40-46-23-8-10-25-48(46)62(60)71)69-53-30-14-11-26-49(53)50-27-12-15-31-54(50)69/h1-40H. The van der Waals surface area contributed by atoms with Crippen molar-refractivity contribution >= 4 is 87.0 Å². The van der Waals surface area contributed by atoms with Gasteiger partial charge in [-0.25, -0.2) is 4.98 Å². The van der Waals surface area contributed by atoms with Crippen molar-refractivity contribution in [1.82, 2.24) is 28.7 Å². The first-order chi connectivity index (χ1) is 35.2. The normalized spacial score (nSPS) is 11.9. The third kappa shape index (κ3) is 5.92. The zero-order chi connectivity index (χ0) is 46.6. The summed E-state index contributed by atoms with van der Waals surface area (Å²) in [6.07, 6.45) is 0. The quantitative estimate of drug-likeness (QED) is 0.167. The number of rotatable bonds is 6. The van der Waals surface area contributed by atoms with Gasteiger partial charge in [0.1, 0.15) is 0 Å². The fourth-order valence-corrected chi connectivity index (χ4v) is 11.4. The summed E-state index contributed by atoms with van der Waals surface area (Å²) in [6, 6.07) is 86.9. The van der Waals surface area contributed by atoms with Crippen LogP contribution in [0.5, 0.6) is 0 Å². The van der Waals surface area contributed by atoms with Gasteiger partial charge in [-0.2, -0.15) is 9.97 Å². The van der Waals surface area contributed by atoms with Crippen molar-refractivity contribution in [2.24, 2.45) is 0 Å². The van der Waals surface area contributed by atoms with Crippen LogP contribution in [-0.2, 0) is 0 Å². The summed E-state index contributed by atoms with van der Waals surface area (Å²) in [5, 5.41) is 11.7. The molecule has 330 valence electrons. The van der Waals surface area contributed by atoms with Crippen molar-refractivity contribution in [3.63, 3.8) is 0 Å². The highest BCUT2D eigenvalue weighted by atomic mass is 15.2. The van der Waals surface area contributed by atoms with Crippen LogP contribution >= 0.6 is 0 Å². The van der Waals surface area contributed by atoms with Gasteiger partial charge in [-0.3, -0.25) is 4.57 Å². The molecule has 0 spiro atoms. The average Bonchev–Trinajstić information content (AvgIpc) is 4.10. The first-order valence-electron chi connectivity index (χ1n) is 24.1. The molecule has 0 unspecified atom stereocenters. The number of hydrogen-bond donors (Lipinski definition) is 0. The van der Waals surface area contributed by atoms with Crippen LogP contribution in [0.4, 0.5) is 0 Å². The number of para-hydroxylation sites is 4. The van der Waals surface area contributed by atoms with Gasteiger partial charge >= 0.3 is 0 Å². The molecule has 0 bridgehead atoms. The highest BCUT2D eigenvalue weighted by molar-refractivity contribution is 6.26. The minimum atomic E-state index is 0.532. The Morgan fingerprint density at radius 2 is 0.746 bits per heavy atom. The summed E-state index contributed by atoms with van der Waals surface area (Å²) < 4.78 is 7.27. The highest BCUT2D eigenvalue weighted by Crippen LogP contribution is 2.46. The molecule has 0 saturated carbocycles. The van der Waals surface area contributed by atoms with Crippen molar-refractivity contribution < 1.29 is 0 Å². The Balaban J connectivity index is 1.13. The van der Waals surface area contributed by atoms with Crippen molar-refractivity contribution in [2.75, 3.05) is 0 Å². The van der Waals surface area contributed by atoms with E-state index in [0.29, 0.717) is 17.6 Å². The van der Waals surface area contributed by atoms with Gasteiger partial charge in [-0.1, -0.05) is 206 Å². The second-order valence-corrected chi connectivity index (χ2v) is 18.3. The molecule has 0 saturated heterocycles. The van der Waals surface area contributed by atoms with Crippen LogP contribution in [-0.4, -0.2) is 28.7 Å². The molecule has 0 fully saturated rings. The number of benzene rings is 11. The lowest BCUT2D eigenvalue weighted by molar-refractivity contribution is 0.951. The molecular weight excluding hydrogens is 865 g/mol. The van der Waals surface area contributed by atoms with Crippen LogP contribution in [0.3, 0.4) is 0 Å². The zero-order valence-electron chi connectivity index (χ0n) is 38.3. The maximum atomic E-state index is 5.59. The monoisotopic (exact) mass is 904 g/mol. The van der Waals surface area contributed by atoms with Gasteiger partial charge in [0, 0.05) is 48.8 Å². The molecule has 11 aromatic carbocycles. The summed E-state index contributed by atoms with van der Waals surface area (Å²) in [7, 11) is 0. The van der Waals surface area contributed by atoms with Gasteiger partial charge in [0.15, 0.2) is 11.6 Å². The predicted molar refractivity (Wildman–Crippen MR) is 294 cm³/mol. The average molecular weight is 905 g/mol. The molecule has 6 nitrogen and oxygen atoms in total. The SMILES string of the molecule is c1ccc(-c2ccc(-c3nc(-c4ccccc4)nc(-n4c5c(-n6c7ccccc7c7c8ccccc8ccc76)cccc5c5c(-n6c7ccccc7c7ccccc76)cc6ccccc6c54)n3)cc2)cc1. The molecule has 0 atom stereocenters. The number of aromatic nitrogens is 6. The van der Waals surface area contributed by atoms with Crippen LogP contribution < -0.4 is 0 Å². The predicted octanol–water partition coefficient (Wildman–Crippen LogP) is 16.5. The largest absolute Gasteiger partial charge is 0.309 e. The number of fused-ring (bicyclic) bond motifs is 13. The van der Waals surface area contributed by atoms with E-state index in [0.717, 1.165) is 88.3 Å². The molecule has 15 aromatic rings. The molecule has 0 amide bonds. The van der Waals surface area contributed by atoms with Crippen LogP contribution in [0.15, 0.2) is 243 Å². The van der Waals surface area contributed by atoms with Crippen molar-refractivity contribution in [2.45, 2.75) is 0 Å². The number of nitrogens with zero attached hydrogens (tertiary/aromatic N) is 6. The summed E-state index contributed by atoms with van der Waals surface area (Å²) in [6.45, 7) is 0. The molecule has 4 aromatic heterocycles. The Hall–Kier alpha value is -9.65. The molecule has 4 heterocycles. The Labute approximate surface area is 407 Å². The van der Waals surface area contributed by atoms with E-state index in [1.165, 1.54) is 32.3 Å². The molecule has 0 radical (unpaired) electrons. The van der Waals surface area contributed by atoms with Gasteiger partial charge in [0.25, 0.3) is 0 Å². The van der Waals surface area contributed by atoms with Gasteiger partial charge in [-0.15, -0.1) is 0 Å². The summed E-state index contributed by atoms with van der Waals surface area (Å²) in [5.74, 6) is 1.72. The van der Waals surface area contributed by atoms with E-state index in [2.05, 4.69) is 232 Å². The molecule has 15 rings (SSSR count). The molecule has 6 heteroatoms. The maximum Gasteiger partial charge on any atom is 0.238 e. The lowest BCUT2D eigenvalue weighted by Gasteiger charge is -2.16. The minimum Gasteiger partial charge on any atom is -0.309 e. The molecular formula is C65H40N6. The lowest BCUT2D eigenvalue weighted by atomic mass is 10.0. The van der Waals surface area contributed by atoms with Gasteiger partial charge in [0.05, 0.1) is 44.5 Å². The number of hydrogen-bond acceptors (Lipinski definition) is 3. The van der Waals surface area contributed by atoms with E-state index in [1.807, 2.05) is 24.3 Å². The van der Waals surface area contributed by atoms with E-state index in [9.17, 15) is 0 Å². The van der Waals surface area contributed by atoms with Crippen LogP contribution in [0.25, 0.3) is 138 Å². The van der Waals surface area contributed by atoms with Crippen LogP contribution in [0.2, 0.25) is 0 Å². The van der Waals surface area contributed by atoms with Gasteiger partial charge < -0.3 is 9.13 Å². The van der Waals surface area contributed by atoms with Gasteiger partial charge in [0.2, 0.25) is 5.95 Å². The Kier molecular flexibility index (Phi) is 8.56. The topological polar surface area (TPSA) is 53.5 Å². The first kappa shape index (κ1) is 39.4. The summed E-state index contributed by atoms with van der Waals surface area (Å²) >= 11 is 0. The smallest absolute Gasteiger partial charge is 0.238 e. The third-order valence-corrected chi connectivity index (χ3v) is 14.5. The van der Waals surface area contributed by atoms with Gasteiger partial charge in [-0.05, 0) is 63.7 Å². The molecule has 71 heavy (non-hydrogen) atoms. The van der Waals surface area contributed by atoms with Crippen molar-refractivity contribution in [3.05, 3.63) is 243 Å². The zero-order valence-corrected chi connectivity index (χ0v) is 38.3. The van der Waals surface area contributed by atoms with E-state index < -0.39 is 0 Å². The van der Waals surface area contributed by atoms with E-state index in [4.69, 9.17) is 15.0 Å². The summed E-state index contributed by atoms with van der Waals surface area (Å²) in [5.41, 5.74) is 12.7. The Morgan fingerprint density at radius 1 is 0.254 bits per heavy atom. The molecule has 0 aliphatic carbocycles. The maximum absolute atomic E-state index is 5.59. The lowest BCUT2D eigenvalue weighted by Crippen LogP contribution is -2.08. The first-order valence-corrected chi connectivity index (χ1v) is 24.1. The van der Waals surface area contributed by atoms with Crippen molar-refractivity contribution in [3.8, 4) is 51.2 Å². The van der Waals surface area contributed by atoms with Crippen molar-refractivity contribution in [1.29, 1.82) is 0 Å². The van der Waals surface area contributed by atoms with E-state index in [-0.39, 0.29) is 0 Å². The second kappa shape index (κ2) is 15.4. The highest BCUT2D eigenvalue weighted by Gasteiger charge is 2.27. The fraction of sp³-hybridized carbons (Fsp3) is 0.